The highest BCUT2D eigenvalue weighted by Gasteiger charge is 2.40. The Morgan fingerprint density at radius 1 is 1.22 bits per heavy atom. The molecule has 23 heavy (non-hydrogen) atoms. The summed E-state index contributed by atoms with van der Waals surface area (Å²) in [6.45, 7) is 1.91. The molecule has 0 spiro atoms. The van der Waals surface area contributed by atoms with Crippen molar-refractivity contribution in [1.29, 1.82) is 0 Å². The van der Waals surface area contributed by atoms with Crippen LogP contribution in [0.3, 0.4) is 0 Å². The van der Waals surface area contributed by atoms with E-state index in [2.05, 4.69) is 35.2 Å². The molecule has 1 saturated carbocycles. The van der Waals surface area contributed by atoms with E-state index in [4.69, 9.17) is 4.74 Å². The van der Waals surface area contributed by atoms with Crippen molar-refractivity contribution >= 4 is 12.0 Å². The molecule has 0 bridgehead atoms. The lowest BCUT2D eigenvalue weighted by Gasteiger charge is -2.35. The number of esters is 1. The number of aliphatic hydroxyl groups excluding tert-OH is 1. The highest BCUT2D eigenvalue weighted by Crippen LogP contribution is 2.33. The number of methoxy groups -OCH3 is 1. The second-order valence-electron chi connectivity index (χ2n) is 6.58. The van der Waals surface area contributed by atoms with E-state index in [9.17, 15) is 9.90 Å². The molecule has 0 aromatic heterocycles. The predicted molar refractivity (Wildman–Crippen MR) is 89.8 cm³/mol. The van der Waals surface area contributed by atoms with Crippen LogP contribution in [0.25, 0.3) is 6.08 Å². The van der Waals surface area contributed by atoms with Crippen LogP contribution in [-0.4, -0.2) is 48.3 Å². The molecule has 4 nitrogen and oxygen atoms in total. The maximum Gasteiger partial charge on any atom is 0.308 e. The molecule has 0 unspecified atom stereocenters. The molecule has 0 amide bonds. The van der Waals surface area contributed by atoms with Gasteiger partial charge in [-0.15, -0.1) is 0 Å². The van der Waals surface area contributed by atoms with Gasteiger partial charge >= 0.3 is 5.97 Å². The Balaban J connectivity index is 1.57. The highest BCUT2D eigenvalue weighted by molar-refractivity contribution is 5.72. The van der Waals surface area contributed by atoms with Gasteiger partial charge in [0, 0.05) is 19.1 Å². The second kappa shape index (κ2) is 7.28. The van der Waals surface area contributed by atoms with Crippen LogP contribution in [0.4, 0.5) is 0 Å². The van der Waals surface area contributed by atoms with Crippen molar-refractivity contribution in [1.82, 2.24) is 4.90 Å². The smallest absolute Gasteiger partial charge is 0.308 e. The summed E-state index contributed by atoms with van der Waals surface area (Å²) in [7, 11) is 1.42. The third-order valence-corrected chi connectivity index (χ3v) is 5.11. The number of likely N-dealkylation sites (tertiary alicyclic amines) is 1. The summed E-state index contributed by atoms with van der Waals surface area (Å²) in [5.74, 6) is -0.338. The SMILES string of the molecule is COC(=O)[C@H]1C[C@@H](N2CCC(=Cc3ccccc3)CC2)[C@@H](O)C1. The van der Waals surface area contributed by atoms with Crippen molar-refractivity contribution in [3.8, 4) is 0 Å². The van der Waals surface area contributed by atoms with Crippen LogP contribution in [0.2, 0.25) is 0 Å². The Morgan fingerprint density at radius 2 is 1.91 bits per heavy atom. The molecule has 124 valence electrons. The minimum atomic E-state index is -0.418. The van der Waals surface area contributed by atoms with Crippen LogP contribution in [0.15, 0.2) is 35.9 Å². The number of carbonyl (C=O) groups excluding carboxylic acids is 1. The second-order valence-corrected chi connectivity index (χ2v) is 6.58. The van der Waals surface area contributed by atoms with Gasteiger partial charge in [-0.3, -0.25) is 9.69 Å². The Bertz CT molecular complexity index is 559. The standard InChI is InChI=1S/C19H25NO3/c1-23-19(22)16-12-17(18(21)13-16)20-9-7-15(8-10-20)11-14-5-3-2-4-6-14/h2-6,11,16-18,21H,7-10,12-13H2,1H3/t16-,17+,18-/m0/s1. The van der Waals surface area contributed by atoms with Gasteiger partial charge in [-0.25, -0.2) is 0 Å². The first-order valence-electron chi connectivity index (χ1n) is 8.42. The van der Waals surface area contributed by atoms with E-state index < -0.39 is 6.10 Å². The Morgan fingerprint density at radius 3 is 2.57 bits per heavy atom. The Kier molecular flexibility index (Phi) is 5.13. The summed E-state index contributed by atoms with van der Waals surface area (Å²) in [6, 6.07) is 10.5. The number of hydrogen-bond donors (Lipinski definition) is 1. The van der Waals surface area contributed by atoms with Gasteiger partial charge in [-0.1, -0.05) is 42.0 Å². The molecule has 2 fully saturated rings. The molecule has 3 atom stereocenters. The van der Waals surface area contributed by atoms with Crippen molar-refractivity contribution in [2.45, 2.75) is 37.8 Å². The zero-order valence-electron chi connectivity index (χ0n) is 13.6. The fraction of sp³-hybridized carbons (Fsp3) is 0.526. The number of nitrogens with zero attached hydrogens (tertiary/aromatic N) is 1. The normalized spacial score (nSPS) is 28.6. The van der Waals surface area contributed by atoms with Gasteiger partial charge in [0.15, 0.2) is 0 Å². The van der Waals surface area contributed by atoms with Crippen molar-refractivity contribution in [3.63, 3.8) is 0 Å². The van der Waals surface area contributed by atoms with Crippen molar-refractivity contribution in [3.05, 3.63) is 41.5 Å². The van der Waals surface area contributed by atoms with Gasteiger partial charge < -0.3 is 9.84 Å². The third-order valence-electron chi connectivity index (χ3n) is 5.11. The average Bonchev–Trinajstić information content (AvgIpc) is 2.98. The van der Waals surface area contributed by atoms with E-state index in [-0.39, 0.29) is 17.9 Å². The summed E-state index contributed by atoms with van der Waals surface area (Å²) in [6.07, 6.45) is 5.16. The topological polar surface area (TPSA) is 49.8 Å². The number of ether oxygens (including phenoxy) is 1. The monoisotopic (exact) mass is 315 g/mol. The lowest BCUT2D eigenvalue weighted by Crippen LogP contribution is -2.43. The average molecular weight is 315 g/mol. The summed E-state index contributed by atoms with van der Waals surface area (Å²) in [5, 5.41) is 10.3. The highest BCUT2D eigenvalue weighted by atomic mass is 16.5. The summed E-state index contributed by atoms with van der Waals surface area (Å²) < 4.78 is 4.82. The largest absolute Gasteiger partial charge is 0.469 e. The summed E-state index contributed by atoms with van der Waals surface area (Å²) in [5.41, 5.74) is 2.71. The molecular weight excluding hydrogens is 290 g/mol. The third kappa shape index (κ3) is 3.82. The fourth-order valence-electron chi connectivity index (χ4n) is 3.82. The van der Waals surface area contributed by atoms with Crippen molar-refractivity contribution in [2.75, 3.05) is 20.2 Å². The molecule has 0 radical (unpaired) electrons. The van der Waals surface area contributed by atoms with Crippen LogP contribution in [0.5, 0.6) is 0 Å². The van der Waals surface area contributed by atoms with E-state index in [0.29, 0.717) is 12.8 Å². The number of carbonyl (C=O) groups is 1. The maximum atomic E-state index is 11.7. The van der Waals surface area contributed by atoms with Gasteiger partial charge in [0.25, 0.3) is 0 Å². The predicted octanol–water partition coefficient (Wildman–Crippen LogP) is 2.48. The fourth-order valence-corrected chi connectivity index (χ4v) is 3.82. The molecule has 3 rings (SSSR count). The van der Waals surface area contributed by atoms with E-state index >= 15 is 0 Å². The Labute approximate surface area is 137 Å². The summed E-state index contributed by atoms with van der Waals surface area (Å²) in [4.78, 5) is 14.0. The van der Waals surface area contributed by atoms with Gasteiger partial charge in [0.2, 0.25) is 0 Å². The van der Waals surface area contributed by atoms with Gasteiger partial charge in [-0.2, -0.15) is 0 Å². The maximum absolute atomic E-state index is 11.7. The molecule has 4 heteroatoms. The zero-order valence-corrected chi connectivity index (χ0v) is 13.6. The number of aliphatic hydroxyl groups is 1. The molecule has 1 heterocycles. The summed E-state index contributed by atoms with van der Waals surface area (Å²) >= 11 is 0. The van der Waals surface area contributed by atoms with Crippen LogP contribution in [0, 0.1) is 5.92 Å². The van der Waals surface area contributed by atoms with Gasteiger partial charge in [0.05, 0.1) is 19.1 Å². The molecule has 1 aliphatic carbocycles. The van der Waals surface area contributed by atoms with Crippen LogP contribution in [-0.2, 0) is 9.53 Å². The molecule has 1 aromatic rings. The number of piperidine rings is 1. The quantitative estimate of drug-likeness (QED) is 0.871. The van der Waals surface area contributed by atoms with E-state index in [1.54, 1.807) is 0 Å². The lowest BCUT2D eigenvalue weighted by atomic mass is 9.98. The molecule has 2 aliphatic rings. The van der Waals surface area contributed by atoms with Gasteiger partial charge in [-0.05, 0) is 31.2 Å². The van der Waals surface area contributed by atoms with Crippen molar-refractivity contribution in [2.24, 2.45) is 5.92 Å². The number of rotatable bonds is 3. The van der Waals surface area contributed by atoms with E-state index in [1.165, 1.54) is 18.2 Å². The molecule has 1 aliphatic heterocycles. The number of benzene rings is 1. The Hall–Kier alpha value is -1.65. The lowest BCUT2D eigenvalue weighted by molar-refractivity contribution is -0.145. The minimum Gasteiger partial charge on any atom is -0.469 e. The van der Waals surface area contributed by atoms with Crippen molar-refractivity contribution < 1.29 is 14.6 Å². The van der Waals surface area contributed by atoms with Crippen LogP contribution in [0.1, 0.15) is 31.2 Å². The first-order chi connectivity index (χ1) is 11.2. The van der Waals surface area contributed by atoms with E-state index in [0.717, 1.165) is 25.9 Å². The van der Waals surface area contributed by atoms with E-state index in [1.807, 2.05) is 6.07 Å². The first-order valence-corrected chi connectivity index (χ1v) is 8.42. The molecule has 1 aromatic carbocycles. The molecule has 1 N–H and O–H groups in total. The first kappa shape index (κ1) is 16.2. The van der Waals surface area contributed by atoms with Gasteiger partial charge in [0.1, 0.15) is 0 Å². The minimum absolute atomic E-state index is 0.0948. The van der Waals surface area contributed by atoms with Crippen LogP contribution < -0.4 is 0 Å². The molecular formula is C19H25NO3. The molecule has 1 saturated heterocycles. The zero-order chi connectivity index (χ0) is 16.2. The van der Waals surface area contributed by atoms with Crippen LogP contribution >= 0.6 is 0 Å². The number of hydrogen-bond acceptors (Lipinski definition) is 4.